The standard InChI is InChI=1S/C29H22ClF2NO4S/c1-16(20-8-11-22(31)23(32)14-20)37-28(36)33-24-15-25(30)38-26(24)19-4-2-17(3-5-19)18-6-9-21(10-7-18)29(12-13-29)27(34)35/h2-11,14-16H,12-13H2,1H3,(H,33,36)(H,34,35)/t16-/m1/s1. The van der Waals surface area contributed by atoms with E-state index in [4.69, 9.17) is 16.3 Å². The minimum atomic E-state index is -1.02. The van der Waals surface area contributed by atoms with E-state index in [2.05, 4.69) is 5.32 Å². The Hall–Kier alpha value is -3.75. The van der Waals surface area contributed by atoms with Crippen molar-refractivity contribution in [2.45, 2.75) is 31.3 Å². The molecular weight excluding hydrogens is 532 g/mol. The summed E-state index contributed by atoms with van der Waals surface area (Å²) in [6, 6.07) is 20.2. The van der Waals surface area contributed by atoms with Crippen molar-refractivity contribution in [1.29, 1.82) is 0 Å². The van der Waals surface area contributed by atoms with Crippen LogP contribution in [0.2, 0.25) is 4.34 Å². The number of aliphatic carboxylic acids is 1. The van der Waals surface area contributed by atoms with Gasteiger partial charge in [-0.15, -0.1) is 11.3 Å². The number of carboxylic acids is 1. The van der Waals surface area contributed by atoms with Crippen LogP contribution in [0.3, 0.4) is 0 Å². The smallest absolute Gasteiger partial charge is 0.412 e. The monoisotopic (exact) mass is 553 g/mol. The number of anilines is 1. The minimum absolute atomic E-state index is 0.321. The van der Waals surface area contributed by atoms with E-state index in [1.807, 2.05) is 48.5 Å². The van der Waals surface area contributed by atoms with Crippen LogP contribution < -0.4 is 5.32 Å². The number of amides is 1. The van der Waals surface area contributed by atoms with Gasteiger partial charge in [0, 0.05) is 0 Å². The van der Waals surface area contributed by atoms with Gasteiger partial charge in [-0.05, 0) is 65.8 Å². The number of nitrogens with one attached hydrogen (secondary N) is 1. The molecule has 1 fully saturated rings. The van der Waals surface area contributed by atoms with Gasteiger partial charge < -0.3 is 9.84 Å². The Balaban J connectivity index is 1.29. The van der Waals surface area contributed by atoms with Gasteiger partial charge in [-0.3, -0.25) is 10.1 Å². The number of carboxylic acid groups (broad SMARTS) is 1. The summed E-state index contributed by atoms with van der Waals surface area (Å²) in [6.45, 7) is 1.56. The molecule has 0 aliphatic heterocycles. The van der Waals surface area contributed by atoms with Crippen LogP contribution in [-0.4, -0.2) is 17.2 Å². The van der Waals surface area contributed by atoms with Crippen molar-refractivity contribution < 1.29 is 28.2 Å². The Bertz CT molecular complexity index is 1510. The fourth-order valence-corrected chi connectivity index (χ4v) is 5.53. The highest BCUT2D eigenvalue weighted by Crippen LogP contribution is 2.48. The van der Waals surface area contributed by atoms with Gasteiger partial charge in [-0.1, -0.05) is 66.2 Å². The molecule has 4 aromatic rings. The van der Waals surface area contributed by atoms with E-state index in [-0.39, 0.29) is 0 Å². The lowest BCUT2D eigenvalue weighted by Crippen LogP contribution is -2.19. The first-order valence-corrected chi connectivity index (χ1v) is 13.0. The van der Waals surface area contributed by atoms with Crippen LogP contribution in [0.15, 0.2) is 72.8 Å². The Morgan fingerprint density at radius 2 is 1.55 bits per heavy atom. The van der Waals surface area contributed by atoms with Crippen LogP contribution in [0.5, 0.6) is 0 Å². The Morgan fingerprint density at radius 1 is 0.947 bits per heavy atom. The van der Waals surface area contributed by atoms with Crippen LogP contribution in [0, 0.1) is 11.6 Å². The van der Waals surface area contributed by atoms with Gasteiger partial charge in [-0.25, -0.2) is 13.6 Å². The van der Waals surface area contributed by atoms with Crippen LogP contribution in [0.1, 0.15) is 37.0 Å². The molecule has 5 rings (SSSR count). The molecule has 1 heterocycles. The molecule has 0 spiro atoms. The summed E-state index contributed by atoms with van der Waals surface area (Å²) in [6.07, 6.45) is -0.246. The second-order valence-corrected chi connectivity index (χ2v) is 10.9. The lowest BCUT2D eigenvalue weighted by molar-refractivity contribution is -0.140. The molecule has 2 N–H and O–H groups in total. The van der Waals surface area contributed by atoms with Crippen molar-refractivity contribution in [1.82, 2.24) is 0 Å². The van der Waals surface area contributed by atoms with Gasteiger partial charge in [0.2, 0.25) is 0 Å². The fraction of sp³-hybridized carbons (Fsp3) is 0.172. The number of hydrogen-bond acceptors (Lipinski definition) is 4. The third-order valence-electron chi connectivity index (χ3n) is 6.71. The quantitative estimate of drug-likeness (QED) is 0.241. The van der Waals surface area contributed by atoms with Crippen LogP contribution in [-0.2, 0) is 14.9 Å². The maximum Gasteiger partial charge on any atom is 0.412 e. The Morgan fingerprint density at radius 3 is 2.13 bits per heavy atom. The highest BCUT2D eigenvalue weighted by atomic mass is 35.5. The lowest BCUT2D eigenvalue weighted by atomic mass is 9.93. The summed E-state index contributed by atoms with van der Waals surface area (Å²) < 4.78 is 32.6. The summed E-state index contributed by atoms with van der Waals surface area (Å²) in [5, 5.41) is 12.2. The number of hydrogen-bond donors (Lipinski definition) is 2. The predicted molar refractivity (Wildman–Crippen MR) is 144 cm³/mol. The van der Waals surface area contributed by atoms with Crippen LogP contribution >= 0.6 is 22.9 Å². The zero-order chi connectivity index (χ0) is 27.0. The van der Waals surface area contributed by atoms with E-state index in [1.165, 1.54) is 17.4 Å². The number of benzene rings is 3. The molecule has 5 nitrogen and oxygen atoms in total. The lowest BCUT2D eigenvalue weighted by Gasteiger charge is -2.15. The molecule has 38 heavy (non-hydrogen) atoms. The van der Waals surface area contributed by atoms with E-state index in [9.17, 15) is 23.5 Å². The van der Waals surface area contributed by atoms with Crippen molar-refractivity contribution in [3.8, 4) is 21.6 Å². The number of halogens is 3. The summed E-state index contributed by atoms with van der Waals surface area (Å²) in [5.74, 6) is -2.77. The summed E-state index contributed by atoms with van der Waals surface area (Å²) in [7, 11) is 0. The van der Waals surface area contributed by atoms with Gasteiger partial charge in [0.05, 0.1) is 20.3 Å². The molecule has 0 bridgehead atoms. The van der Waals surface area contributed by atoms with Crippen molar-refractivity contribution in [2.24, 2.45) is 0 Å². The van der Waals surface area contributed by atoms with Crippen LogP contribution in [0.25, 0.3) is 21.6 Å². The van der Waals surface area contributed by atoms with E-state index < -0.39 is 35.2 Å². The number of carbonyl (C=O) groups excluding carboxylic acids is 1. The van der Waals surface area contributed by atoms with Crippen LogP contribution in [0.4, 0.5) is 19.3 Å². The van der Waals surface area contributed by atoms with Crippen molar-refractivity contribution >= 4 is 40.7 Å². The van der Waals surface area contributed by atoms with Gasteiger partial charge in [0.25, 0.3) is 0 Å². The van der Waals surface area contributed by atoms with Gasteiger partial charge >= 0.3 is 12.1 Å². The summed E-state index contributed by atoms with van der Waals surface area (Å²) >= 11 is 7.54. The fourth-order valence-electron chi connectivity index (χ4n) is 4.35. The average Bonchev–Trinajstić information content (AvgIpc) is 3.64. The predicted octanol–water partition coefficient (Wildman–Crippen LogP) is 8.44. The van der Waals surface area contributed by atoms with E-state index in [0.717, 1.165) is 39.3 Å². The average molecular weight is 554 g/mol. The summed E-state index contributed by atoms with van der Waals surface area (Å²) in [5.41, 5.74) is 3.60. The number of thiophene rings is 1. The second kappa shape index (κ2) is 10.2. The molecule has 0 radical (unpaired) electrons. The molecule has 0 saturated heterocycles. The molecule has 194 valence electrons. The molecule has 1 atom stereocenters. The second-order valence-electron chi connectivity index (χ2n) is 9.18. The first kappa shape index (κ1) is 25.9. The number of ether oxygens (including phenoxy) is 1. The van der Waals surface area contributed by atoms with E-state index in [0.29, 0.717) is 28.4 Å². The molecule has 9 heteroatoms. The van der Waals surface area contributed by atoms with E-state index in [1.54, 1.807) is 13.0 Å². The molecule has 3 aromatic carbocycles. The third kappa shape index (κ3) is 5.14. The van der Waals surface area contributed by atoms with Crippen molar-refractivity contribution in [3.05, 3.63) is 99.9 Å². The van der Waals surface area contributed by atoms with E-state index >= 15 is 0 Å². The minimum Gasteiger partial charge on any atom is -0.481 e. The molecule has 0 unspecified atom stereocenters. The molecule has 1 aromatic heterocycles. The first-order chi connectivity index (χ1) is 18.2. The SMILES string of the molecule is C[C@@H](OC(=O)Nc1cc(Cl)sc1-c1ccc(-c2ccc(C3(C(=O)O)CC3)cc2)cc1)c1ccc(F)c(F)c1. The highest BCUT2D eigenvalue weighted by molar-refractivity contribution is 7.20. The largest absolute Gasteiger partial charge is 0.481 e. The molecule has 1 aliphatic rings. The zero-order valence-corrected chi connectivity index (χ0v) is 21.7. The Labute approximate surface area is 226 Å². The third-order valence-corrected chi connectivity index (χ3v) is 8.03. The highest BCUT2D eigenvalue weighted by Gasteiger charge is 2.51. The summed E-state index contributed by atoms with van der Waals surface area (Å²) in [4.78, 5) is 24.9. The zero-order valence-electron chi connectivity index (χ0n) is 20.1. The normalized spacial score (nSPS) is 14.5. The molecule has 1 aliphatic carbocycles. The maximum atomic E-state index is 13.5. The molecule has 1 amide bonds. The van der Waals surface area contributed by atoms with Crippen molar-refractivity contribution in [3.63, 3.8) is 0 Å². The van der Waals surface area contributed by atoms with Gasteiger partial charge in [0.1, 0.15) is 6.10 Å². The topological polar surface area (TPSA) is 75.6 Å². The molecular formula is C29H22ClF2NO4S. The van der Waals surface area contributed by atoms with Gasteiger partial charge in [0.15, 0.2) is 11.6 Å². The molecule has 1 saturated carbocycles. The maximum absolute atomic E-state index is 13.5. The van der Waals surface area contributed by atoms with Crippen molar-refractivity contribution in [2.75, 3.05) is 5.32 Å². The number of carbonyl (C=O) groups is 2. The van der Waals surface area contributed by atoms with Gasteiger partial charge in [-0.2, -0.15) is 0 Å². The number of rotatable bonds is 7. The first-order valence-electron chi connectivity index (χ1n) is 11.8. The Kier molecular flexibility index (Phi) is 6.94.